The summed E-state index contributed by atoms with van der Waals surface area (Å²) in [4.78, 5) is 14.3. The number of ether oxygens (including phenoxy) is 2. The van der Waals surface area contributed by atoms with Crippen LogP contribution in [0.3, 0.4) is 0 Å². The maximum absolute atomic E-state index is 12.3. The zero-order chi connectivity index (χ0) is 21.7. The lowest BCUT2D eigenvalue weighted by atomic mass is 9.99. The summed E-state index contributed by atoms with van der Waals surface area (Å²) in [5.74, 6) is 1.33. The summed E-state index contributed by atoms with van der Waals surface area (Å²) >= 11 is 0. The molecule has 0 saturated heterocycles. The number of rotatable bonds is 8. The number of hydrogen-bond donors (Lipinski definition) is 1. The van der Waals surface area contributed by atoms with E-state index in [1.54, 1.807) is 26.6 Å². The molecule has 0 fully saturated rings. The highest BCUT2D eigenvalue weighted by molar-refractivity contribution is 6.00. The van der Waals surface area contributed by atoms with E-state index in [2.05, 4.69) is 5.32 Å². The van der Waals surface area contributed by atoms with E-state index in [9.17, 15) is 4.79 Å². The molecule has 0 unspecified atom stereocenters. The predicted molar refractivity (Wildman–Crippen MR) is 120 cm³/mol. The Labute approximate surface area is 177 Å². The van der Waals surface area contributed by atoms with Gasteiger partial charge in [-0.05, 0) is 50.4 Å². The van der Waals surface area contributed by atoms with E-state index >= 15 is 0 Å². The molecule has 0 radical (unpaired) electrons. The number of nitrogens with zero attached hydrogens (tertiary/aromatic N) is 1. The molecule has 6 nitrogen and oxygen atoms in total. The van der Waals surface area contributed by atoms with Crippen molar-refractivity contribution in [2.24, 2.45) is 0 Å². The van der Waals surface area contributed by atoms with Crippen molar-refractivity contribution in [3.8, 4) is 22.6 Å². The second-order valence-electron chi connectivity index (χ2n) is 7.35. The zero-order valence-corrected chi connectivity index (χ0v) is 18.1. The first kappa shape index (κ1) is 21.5. The number of allylic oxidation sites excluding steroid dienone is 1. The van der Waals surface area contributed by atoms with Gasteiger partial charge in [0.05, 0.1) is 20.5 Å². The van der Waals surface area contributed by atoms with E-state index in [0.717, 1.165) is 45.5 Å². The second kappa shape index (κ2) is 9.50. The molecule has 6 heteroatoms. The first-order chi connectivity index (χ1) is 14.4. The van der Waals surface area contributed by atoms with Crippen molar-refractivity contribution in [3.63, 3.8) is 0 Å². The van der Waals surface area contributed by atoms with Gasteiger partial charge in [-0.3, -0.25) is 4.79 Å². The smallest absolute Gasteiger partial charge is 0.244 e. The Balaban J connectivity index is 1.95. The molecule has 0 atom stereocenters. The Bertz CT molecular complexity index is 1050. The van der Waals surface area contributed by atoms with Gasteiger partial charge in [0.2, 0.25) is 5.91 Å². The van der Waals surface area contributed by atoms with Gasteiger partial charge in [0, 0.05) is 41.7 Å². The van der Waals surface area contributed by atoms with E-state index in [1.165, 1.54) is 0 Å². The van der Waals surface area contributed by atoms with Crippen molar-refractivity contribution < 1.29 is 18.7 Å². The molecule has 0 spiro atoms. The number of furan rings is 1. The van der Waals surface area contributed by atoms with E-state index in [4.69, 9.17) is 13.9 Å². The quantitative estimate of drug-likeness (QED) is 0.566. The number of nitrogens with one attached hydrogen (secondary N) is 1. The van der Waals surface area contributed by atoms with Crippen molar-refractivity contribution in [2.45, 2.75) is 6.92 Å². The summed E-state index contributed by atoms with van der Waals surface area (Å²) in [6, 6.07) is 11.7. The number of carbonyl (C=O) groups is 1. The second-order valence-corrected chi connectivity index (χ2v) is 7.35. The minimum absolute atomic E-state index is 0.126. The standard InChI is InChI=1S/C24H28N2O4/c1-16(12-24(27)25-10-11-26(2)3)19-13-20-21(15-30-23(20)14-22(19)29-5)17-6-8-18(28-4)9-7-17/h6-9,12-15H,10-11H2,1-5H3,(H,25,27)/b16-12+. The predicted octanol–water partition coefficient (Wildman–Crippen LogP) is 4.20. The molecule has 0 aliphatic carbocycles. The van der Waals surface area contributed by atoms with E-state index in [1.807, 2.05) is 62.3 Å². The van der Waals surface area contributed by atoms with Crippen LogP contribution in [0.1, 0.15) is 12.5 Å². The summed E-state index contributed by atoms with van der Waals surface area (Å²) in [6.07, 6.45) is 3.34. The van der Waals surface area contributed by atoms with Gasteiger partial charge in [0.15, 0.2) is 0 Å². The van der Waals surface area contributed by atoms with Gasteiger partial charge in [-0.15, -0.1) is 0 Å². The lowest BCUT2D eigenvalue weighted by molar-refractivity contribution is -0.116. The highest BCUT2D eigenvalue weighted by Gasteiger charge is 2.15. The van der Waals surface area contributed by atoms with Crippen molar-refractivity contribution in [1.29, 1.82) is 0 Å². The number of fused-ring (bicyclic) bond motifs is 1. The summed E-state index contributed by atoms with van der Waals surface area (Å²) in [6.45, 7) is 3.28. The summed E-state index contributed by atoms with van der Waals surface area (Å²) in [7, 11) is 7.20. The van der Waals surface area contributed by atoms with E-state index in [-0.39, 0.29) is 5.91 Å². The lowest BCUT2D eigenvalue weighted by Gasteiger charge is -2.11. The first-order valence-corrected chi connectivity index (χ1v) is 9.77. The Kier molecular flexibility index (Phi) is 6.79. The third kappa shape index (κ3) is 4.83. The van der Waals surface area contributed by atoms with Crippen LogP contribution < -0.4 is 14.8 Å². The minimum Gasteiger partial charge on any atom is -0.497 e. The van der Waals surface area contributed by atoms with Crippen LogP contribution in [0.2, 0.25) is 0 Å². The zero-order valence-electron chi connectivity index (χ0n) is 18.1. The molecule has 3 aromatic rings. The molecule has 158 valence electrons. The summed E-state index contributed by atoms with van der Waals surface area (Å²) < 4.78 is 16.6. The third-order valence-corrected chi connectivity index (χ3v) is 4.93. The van der Waals surface area contributed by atoms with Crippen LogP contribution in [0.5, 0.6) is 11.5 Å². The molecule has 0 bridgehead atoms. The van der Waals surface area contributed by atoms with Gasteiger partial charge in [0.25, 0.3) is 0 Å². The minimum atomic E-state index is -0.126. The number of benzene rings is 2. The van der Waals surface area contributed by atoms with Gasteiger partial charge in [-0.25, -0.2) is 0 Å². The molecule has 0 aliphatic heterocycles. The average molecular weight is 408 g/mol. The molecule has 3 rings (SSSR count). The molecule has 1 heterocycles. The van der Waals surface area contributed by atoms with Crippen LogP contribution in [0, 0.1) is 0 Å². The van der Waals surface area contributed by atoms with E-state index < -0.39 is 0 Å². The average Bonchev–Trinajstić information content (AvgIpc) is 3.15. The van der Waals surface area contributed by atoms with Crippen LogP contribution in [-0.2, 0) is 4.79 Å². The normalized spacial score (nSPS) is 11.7. The molecular weight excluding hydrogens is 380 g/mol. The molecule has 30 heavy (non-hydrogen) atoms. The van der Waals surface area contributed by atoms with Gasteiger partial charge >= 0.3 is 0 Å². The van der Waals surface area contributed by atoms with Gasteiger partial charge < -0.3 is 24.1 Å². The summed E-state index contributed by atoms with van der Waals surface area (Å²) in [5.41, 5.74) is 4.39. The van der Waals surface area contributed by atoms with Gasteiger partial charge in [0.1, 0.15) is 17.1 Å². The molecule has 2 aromatic carbocycles. The Morgan fingerprint density at radius 2 is 1.87 bits per heavy atom. The van der Waals surface area contributed by atoms with Gasteiger partial charge in [-0.2, -0.15) is 0 Å². The Morgan fingerprint density at radius 1 is 1.13 bits per heavy atom. The van der Waals surface area contributed by atoms with Crippen LogP contribution in [0.25, 0.3) is 27.7 Å². The molecule has 1 N–H and O–H groups in total. The highest BCUT2D eigenvalue weighted by atomic mass is 16.5. The van der Waals surface area contributed by atoms with Crippen molar-refractivity contribution in [2.75, 3.05) is 41.4 Å². The fourth-order valence-corrected chi connectivity index (χ4v) is 3.25. The summed E-state index contributed by atoms with van der Waals surface area (Å²) in [5, 5.41) is 3.86. The Hall–Kier alpha value is -3.25. The van der Waals surface area contributed by atoms with Crippen LogP contribution in [-0.4, -0.2) is 52.2 Å². The fraction of sp³-hybridized carbons (Fsp3) is 0.292. The maximum Gasteiger partial charge on any atom is 0.244 e. The van der Waals surface area contributed by atoms with Crippen molar-refractivity contribution in [1.82, 2.24) is 10.2 Å². The number of amides is 1. The topological polar surface area (TPSA) is 63.9 Å². The first-order valence-electron chi connectivity index (χ1n) is 9.77. The number of carbonyl (C=O) groups excluding carboxylic acids is 1. The van der Waals surface area contributed by atoms with Crippen molar-refractivity contribution >= 4 is 22.4 Å². The van der Waals surface area contributed by atoms with E-state index in [0.29, 0.717) is 12.3 Å². The highest BCUT2D eigenvalue weighted by Crippen LogP contribution is 2.37. The largest absolute Gasteiger partial charge is 0.497 e. The molecular formula is C24H28N2O4. The Morgan fingerprint density at radius 3 is 2.50 bits per heavy atom. The lowest BCUT2D eigenvalue weighted by Crippen LogP contribution is -2.30. The number of likely N-dealkylation sites (N-methyl/N-ethyl adjacent to an activating group) is 1. The van der Waals surface area contributed by atoms with Crippen LogP contribution in [0.4, 0.5) is 0 Å². The van der Waals surface area contributed by atoms with Crippen molar-refractivity contribution in [3.05, 3.63) is 54.3 Å². The molecule has 1 amide bonds. The molecule has 0 aliphatic rings. The molecule has 0 saturated carbocycles. The number of hydrogen-bond acceptors (Lipinski definition) is 5. The SMILES string of the molecule is COc1ccc(-c2coc3cc(OC)c(/C(C)=C/C(=O)NCCN(C)C)cc23)cc1. The monoisotopic (exact) mass is 408 g/mol. The maximum atomic E-state index is 12.3. The number of methoxy groups -OCH3 is 2. The third-order valence-electron chi connectivity index (χ3n) is 4.93. The van der Waals surface area contributed by atoms with Crippen LogP contribution >= 0.6 is 0 Å². The molecule has 1 aromatic heterocycles. The van der Waals surface area contributed by atoms with Crippen LogP contribution in [0.15, 0.2) is 53.2 Å². The van der Waals surface area contributed by atoms with Gasteiger partial charge in [-0.1, -0.05) is 12.1 Å². The fourth-order valence-electron chi connectivity index (χ4n) is 3.25.